The van der Waals surface area contributed by atoms with E-state index in [1.165, 1.54) is 0 Å². The van der Waals surface area contributed by atoms with Crippen LogP contribution in [0.1, 0.15) is 124 Å². The van der Waals surface area contributed by atoms with Crippen molar-refractivity contribution in [3.8, 4) is 0 Å². The Morgan fingerprint density at radius 2 is 1.23 bits per heavy atom. The number of carbonyl (C=O) groups is 4. The highest BCUT2D eigenvalue weighted by Crippen LogP contribution is 2.42. The molecule has 4 aromatic carbocycles. The van der Waals surface area contributed by atoms with E-state index in [2.05, 4.69) is 22.2 Å². The van der Waals surface area contributed by atoms with E-state index in [0.717, 1.165) is 129 Å². The number of aryl methyl sites for hydroxylation is 1. The van der Waals surface area contributed by atoms with E-state index in [1.807, 2.05) is 121 Å². The SMILES string of the molecule is Cc1cc(CC(NC(=O)N2CCC(c3cc4ccccc4n(COC(=O)C4(c5ccccc5)CCCCC4)c3=O)CC2)C(=O)N2CCN(C3CCN(C)CC3)CC2)cc2cn(COC(=O)C3(c4ccccc4)CCCCC3)nc12. The molecule has 5 aliphatic rings. The molecule has 15 heteroatoms. The van der Waals surface area contributed by atoms with Crippen LogP contribution < -0.4 is 10.9 Å². The molecule has 5 fully saturated rings. The van der Waals surface area contributed by atoms with Crippen molar-refractivity contribution in [3.63, 3.8) is 0 Å². The number of piperidine rings is 2. The number of amides is 3. The summed E-state index contributed by atoms with van der Waals surface area (Å²) >= 11 is 0. The number of nitrogens with one attached hydrogen (secondary N) is 1. The predicted octanol–water partition coefficient (Wildman–Crippen LogP) is 9.20. The number of aromatic nitrogens is 3. The molecular weight excluding hydrogens is 993 g/mol. The van der Waals surface area contributed by atoms with Gasteiger partial charge in [-0.2, -0.15) is 5.10 Å². The number of ether oxygens (including phenoxy) is 2. The molecule has 3 aliphatic heterocycles. The number of esters is 2. The van der Waals surface area contributed by atoms with Gasteiger partial charge in [0.15, 0.2) is 13.5 Å². The molecule has 6 aromatic rings. The van der Waals surface area contributed by atoms with Crippen LogP contribution in [0, 0.1) is 6.92 Å². The van der Waals surface area contributed by atoms with E-state index in [-0.39, 0.29) is 55.2 Å². The van der Waals surface area contributed by atoms with Crippen molar-refractivity contribution in [2.45, 2.75) is 146 Å². The fourth-order valence-corrected chi connectivity index (χ4v) is 13.9. The zero-order chi connectivity index (χ0) is 54.5. The molecule has 0 radical (unpaired) electrons. The molecule has 2 aliphatic carbocycles. The first-order valence-electron chi connectivity index (χ1n) is 29.3. The van der Waals surface area contributed by atoms with Crippen LogP contribution in [0.15, 0.2) is 114 Å². The number of benzene rings is 4. The number of carbonyl (C=O) groups excluding carboxylic acids is 4. The number of likely N-dealkylation sites (tertiary alicyclic amines) is 2. The summed E-state index contributed by atoms with van der Waals surface area (Å²) in [6, 6.07) is 33.1. The van der Waals surface area contributed by atoms with Crippen molar-refractivity contribution in [2.24, 2.45) is 0 Å². The maximum absolute atomic E-state index is 14.8. The highest BCUT2D eigenvalue weighted by molar-refractivity contribution is 5.89. The van der Waals surface area contributed by atoms with E-state index < -0.39 is 16.9 Å². The molecule has 11 rings (SSSR count). The molecule has 416 valence electrons. The number of piperazine rings is 1. The minimum atomic E-state index is -0.831. The highest BCUT2D eigenvalue weighted by Gasteiger charge is 2.44. The van der Waals surface area contributed by atoms with Crippen molar-refractivity contribution in [3.05, 3.63) is 147 Å². The third-order valence-electron chi connectivity index (χ3n) is 18.5. The smallest absolute Gasteiger partial charge is 0.318 e. The maximum atomic E-state index is 14.8. The van der Waals surface area contributed by atoms with Crippen LogP contribution in [0.3, 0.4) is 0 Å². The second-order valence-corrected chi connectivity index (χ2v) is 23.4. The summed E-state index contributed by atoms with van der Waals surface area (Å²) in [6.07, 6.45) is 14.5. The minimum absolute atomic E-state index is 0.0174. The summed E-state index contributed by atoms with van der Waals surface area (Å²) in [5, 5.41) is 9.81. The summed E-state index contributed by atoms with van der Waals surface area (Å²) in [5.74, 6) is -0.745. The van der Waals surface area contributed by atoms with Crippen LogP contribution in [-0.4, -0.2) is 129 Å². The zero-order valence-electron chi connectivity index (χ0n) is 46.3. The van der Waals surface area contributed by atoms with Crippen LogP contribution in [-0.2, 0) is 54.6 Å². The Labute approximate surface area is 464 Å². The van der Waals surface area contributed by atoms with Gasteiger partial charge in [0.05, 0.1) is 21.9 Å². The lowest BCUT2D eigenvalue weighted by Crippen LogP contribution is -2.59. The Balaban J connectivity index is 0.784. The van der Waals surface area contributed by atoms with Crippen LogP contribution in [0.2, 0.25) is 0 Å². The number of rotatable bonds is 14. The average molecular weight is 1070 g/mol. The zero-order valence-corrected chi connectivity index (χ0v) is 46.3. The van der Waals surface area contributed by atoms with Crippen LogP contribution in [0.25, 0.3) is 21.8 Å². The summed E-state index contributed by atoms with van der Waals surface area (Å²) in [5.41, 5.74) is 4.30. The number of fused-ring (bicyclic) bond motifs is 2. The Morgan fingerprint density at radius 3 is 1.85 bits per heavy atom. The predicted molar refractivity (Wildman–Crippen MR) is 306 cm³/mol. The normalized spacial score (nSPS) is 20.0. The molecule has 1 N–H and O–H groups in total. The average Bonchev–Trinajstić information content (AvgIpc) is 3.92. The molecule has 15 nitrogen and oxygen atoms in total. The number of pyridine rings is 1. The van der Waals surface area contributed by atoms with Crippen molar-refractivity contribution in [1.82, 2.24) is 39.3 Å². The Bertz CT molecular complexity index is 3180. The second-order valence-electron chi connectivity index (χ2n) is 23.4. The van der Waals surface area contributed by atoms with Crippen LogP contribution in [0.4, 0.5) is 4.79 Å². The lowest BCUT2D eigenvalue weighted by atomic mass is 9.69. The van der Waals surface area contributed by atoms with Gasteiger partial charge < -0.3 is 29.5 Å². The van der Waals surface area contributed by atoms with E-state index >= 15 is 0 Å². The third kappa shape index (κ3) is 11.5. The summed E-state index contributed by atoms with van der Waals surface area (Å²) in [6.45, 7) is 7.51. The quantitative estimate of drug-likeness (QED) is 0.105. The summed E-state index contributed by atoms with van der Waals surface area (Å²) < 4.78 is 15.5. The van der Waals surface area contributed by atoms with Gasteiger partial charge in [-0.05, 0) is 130 Å². The van der Waals surface area contributed by atoms with Gasteiger partial charge in [0, 0.05) is 68.9 Å². The number of hydrogen-bond acceptors (Lipinski definition) is 10. The summed E-state index contributed by atoms with van der Waals surface area (Å²) in [7, 11) is 2.17. The van der Waals surface area contributed by atoms with E-state index in [9.17, 15) is 24.0 Å². The number of nitrogens with zero attached hydrogens (tertiary/aromatic N) is 7. The lowest BCUT2D eigenvalue weighted by Gasteiger charge is -2.43. The molecule has 3 amide bonds. The Morgan fingerprint density at radius 1 is 0.646 bits per heavy atom. The van der Waals surface area contributed by atoms with Gasteiger partial charge >= 0.3 is 18.0 Å². The van der Waals surface area contributed by atoms with Crippen molar-refractivity contribution >= 4 is 45.7 Å². The van der Waals surface area contributed by atoms with E-state index in [0.29, 0.717) is 69.0 Å². The number of hydrogen-bond donors (Lipinski definition) is 1. The van der Waals surface area contributed by atoms with Crippen molar-refractivity contribution in [2.75, 3.05) is 59.4 Å². The molecule has 2 saturated carbocycles. The van der Waals surface area contributed by atoms with Crippen LogP contribution >= 0.6 is 0 Å². The molecule has 5 heterocycles. The Hall–Kier alpha value is -6.84. The second kappa shape index (κ2) is 23.9. The fraction of sp³-hybridized carbons (Fsp3) is 0.500. The first kappa shape index (κ1) is 54.1. The molecule has 1 atom stereocenters. The molecule has 79 heavy (non-hydrogen) atoms. The Kier molecular flexibility index (Phi) is 16.3. The maximum Gasteiger partial charge on any atom is 0.318 e. The lowest BCUT2D eigenvalue weighted by molar-refractivity contribution is -0.157. The van der Waals surface area contributed by atoms with Gasteiger partial charge in [-0.1, -0.05) is 123 Å². The first-order valence-corrected chi connectivity index (χ1v) is 29.3. The third-order valence-corrected chi connectivity index (χ3v) is 18.5. The molecule has 0 bridgehead atoms. The van der Waals surface area contributed by atoms with Gasteiger partial charge in [-0.25, -0.2) is 9.48 Å². The first-order chi connectivity index (χ1) is 38.5. The van der Waals surface area contributed by atoms with Crippen LogP contribution in [0.5, 0.6) is 0 Å². The van der Waals surface area contributed by atoms with Gasteiger partial charge in [0.25, 0.3) is 5.56 Å². The topological polar surface area (TPSA) is 152 Å². The molecule has 0 spiro atoms. The van der Waals surface area contributed by atoms with Crippen molar-refractivity contribution < 1.29 is 28.7 Å². The molecule has 3 saturated heterocycles. The van der Waals surface area contributed by atoms with Gasteiger partial charge in [-0.3, -0.25) is 28.6 Å². The van der Waals surface area contributed by atoms with Crippen molar-refractivity contribution in [1.29, 1.82) is 0 Å². The highest BCUT2D eigenvalue weighted by atomic mass is 16.5. The van der Waals surface area contributed by atoms with Gasteiger partial charge in [-0.15, -0.1) is 0 Å². The molecule has 1 unspecified atom stereocenters. The fourth-order valence-electron chi connectivity index (χ4n) is 13.9. The minimum Gasteiger partial charge on any atom is -0.443 e. The number of para-hydroxylation sites is 1. The van der Waals surface area contributed by atoms with Gasteiger partial charge in [0.2, 0.25) is 5.91 Å². The standard InChI is InChI=1S/C64H78N8O7/c1-46-39-47(40-50-43-71(66-57(46)50)44-78-60(75)63(27-13-5-14-28-63)51-18-7-3-8-19-51)41-55(59(74)69-37-35-68(36-38-69)53-25-31-67(2)32-26-53)65-62(77)70-33-23-48(24-34-70)54-42-49-17-11-12-22-56(49)72(58(54)73)45-79-61(76)64(29-15-6-16-30-64)52-20-9-4-10-21-52/h3-4,7-12,17-22,39-40,42-43,48,53,55H,5-6,13-16,23-38,41,44-45H2,1-2H3,(H,65,77). The summed E-state index contributed by atoms with van der Waals surface area (Å²) in [4.78, 5) is 80.7. The monoisotopic (exact) mass is 1070 g/mol. The largest absolute Gasteiger partial charge is 0.443 e. The number of urea groups is 1. The van der Waals surface area contributed by atoms with E-state index in [4.69, 9.17) is 14.6 Å². The van der Waals surface area contributed by atoms with E-state index in [1.54, 1.807) is 14.1 Å². The molecule has 2 aromatic heterocycles. The van der Waals surface area contributed by atoms with Gasteiger partial charge in [0.1, 0.15) is 6.04 Å². The molecular formula is C64H78N8O7.